The third-order valence-electron chi connectivity index (χ3n) is 2.71. The lowest BCUT2D eigenvalue weighted by Crippen LogP contribution is -2.19. The van der Waals surface area contributed by atoms with E-state index in [1.165, 1.54) is 0 Å². The molecule has 2 heterocycles. The van der Waals surface area contributed by atoms with E-state index in [4.69, 9.17) is 0 Å². The van der Waals surface area contributed by atoms with E-state index in [-0.39, 0.29) is 0 Å². The van der Waals surface area contributed by atoms with E-state index in [1.54, 1.807) is 11.3 Å². The maximum atomic E-state index is 4.27. The largest absolute Gasteiger partial charge is 0.352 e. The predicted octanol–water partition coefficient (Wildman–Crippen LogP) is 2.07. The summed E-state index contributed by atoms with van der Waals surface area (Å²) in [4.78, 5) is 6.31. The Kier molecular flexibility index (Phi) is 5.23. The van der Waals surface area contributed by atoms with Gasteiger partial charge in [0, 0.05) is 19.0 Å². The highest BCUT2D eigenvalue weighted by molar-refractivity contribution is 7.07. The Morgan fingerprint density at radius 3 is 2.79 bits per heavy atom. The summed E-state index contributed by atoms with van der Waals surface area (Å²) in [5, 5.41) is 13.8. The first-order valence-electron chi connectivity index (χ1n) is 6.41. The van der Waals surface area contributed by atoms with Crippen molar-refractivity contribution in [3.05, 3.63) is 34.4 Å². The quantitative estimate of drug-likeness (QED) is 0.785. The number of anilines is 1. The summed E-state index contributed by atoms with van der Waals surface area (Å²) in [6.45, 7) is 4.69. The number of hydrogen-bond acceptors (Lipinski definition) is 6. The molecule has 0 bridgehead atoms. The Balaban J connectivity index is 1.90. The zero-order chi connectivity index (χ0) is 13.5. The zero-order valence-electron chi connectivity index (χ0n) is 11.3. The molecule has 2 rings (SSSR count). The van der Waals surface area contributed by atoms with E-state index in [0.717, 1.165) is 43.3 Å². The lowest BCUT2D eigenvalue weighted by Gasteiger charge is -2.16. The van der Waals surface area contributed by atoms with Crippen molar-refractivity contribution in [1.82, 2.24) is 20.5 Å². The molecule has 6 heteroatoms. The van der Waals surface area contributed by atoms with Gasteiger partial charge in [-0.25, -0.2) is 4.98 Å². The molecule has 0 fully saturated rings. The van der Waals surface area contributed by atoms with Gasteiger partial charge >= 0.3 is 0 Å². The lowest BCUT2D eigenvalue weighted by molar-refractivity contribution is 0.655. The average Bonchev–Trinajstić information content (AvgIpc) is 2.93. The molecule has 0 aliphatic rings. The molecular formula is C13H19N5S. The van der Waals surface area contributed by atoms with Gasteiger partial charge in [0.25, 0.3) is 0 Å². The minimum absolute atomic E-state index is 0.756. The molecule has 2 aromatic heterocycles. The Morgan fingerprint density at radius 1 is 1.26 bits per heavy atom. The fourth-order valence-corrected chi connectivity index (χ4v) is 2.23. The molecule has 2 aromatic rings. The number of rotatable bonds is 7. The summed E-state index contributed by atoms with van der Waals surface area (Å²) in [6.07, 6.45) is 1.13. The van der Waals surface area contributed by atoms with Gasteiger partial charge in [-0.1, -0.05) is 6.92 Å². The summed E-state index contributed by atoms with van der Waals surface area (Å²) >= 11 is 1.61. The van der Waals surface area contributed by atoms with Crippen molar-refractivity contribution in [1.29, 1.82) is 0 Å². The molecule has 0 saturated carbocycles. The Morgan fingerprint density at radius 2 is 2.16 bits per heavy atom. The van der Waals surface area contributed by atoms with Gasteiger partial charge in [-0.15, -0.1) is 16.4 Å². The van der Waals surface area contributed by atoms with Crippen molar-refractivity contribution >= 4 is 17.2 Å². The first-order chi connectivity index (χ1) is 9.29. The van der Waals surface area contributed by atoms with Crippen LogP contribution in [0.1, 0.15) is 24.7 Å². The van der Waals surface area contributed by atoms with Crippen molar-refractivity contribution in [2.45, 2.75) is 26.4 Å². The molecule has 0 aromatic carbocycles. The zero-order valence-corrected chi connectivity index (χ0v) is 12.2. The first-order valence-corrected chi connectivity index (χ1v) is 7.35. The molecule has 0 saturated heterocycles. The van der Waals surface area contributed by atoms with Gasteiger partial charge in [0.2, 0.25) is 0 Å². The number of thiazole rings is 1. The lowest BCUT2D eigenvalue weighted by atomic mass is 10.3. The minimum Gasteiger partial charge on any atom is -0.352 e. The second kappa shape index (κ2) is 7.16. The van der Waals surface area contributed by atoms with Gasteiger partial charge < -0.3 is 10.2 Å². The fraction of sp³-hybridized carbons (Fsp3) is 0.462. The molecule has 0 atom stereocenters. The highest BCUT2D eigenvalue weighted by atomic mass is 32.1. The van der Waals surface area contributed by atoms with Crippen LogP contribution in [0, 0.1) is 0 Å². The van der Waals surface area contributed by atoms with Crippen LogP contribution >= 0.6 is 11.3 Å². The highest BCUT2D eigenvalue weighted by Crippen LogP contribution is 2.12. The van der Waals surface area contributed by atoms with E-state index in [0.29, 0.717) is 0 Å². The normalized spacial score (nSPS) is 10.6. The van der Waals surface area contributed by atoms with Crippen LogP contribution in [0.25, 0.3) is 0 Å². The Bertz CT molecular complexity index is 468. The van der Waals surface area contributed by atoms with Gasteiger partial charge in [0.15, 0.2) is 5.82 Å². The smallest absolute Gasteiger partial charge is 0.151 e. The Hall–Kier alpha value is -1.53. The third-order valence-corrected chi connectivity index (χ3v) is 3.35. The SMILES string of the molecule is CCCNCc1ccc(N(C)Cc2cscn2)nn1. The maximum Gasteiger partial charge on any atom is 0.151 e. The van der Waals surface area contributed by atoms with Crippen molar-refractivity contribution in [2.24, 2.45) is 0 Å². The number of aromatic nitrogens is 3. The second-order valence-electron chi connectivity index (χ2n) is 4.40. The topological polar surface area (TPSA) is 53.9 Å². The van der Waals surface area contributed by atoms with Crippen LogP contribution in [0.3, 0.4) is 0 Å². The van der Waals surface area contributed by atoms with Crippen LogP contribution in [-0.2, 0) is 13.1 Å². The van der Waals surface area contributed by atoms with E-state index in [9.17, 15) is 0 Å². The number of hydrogen-bond donors (Lipinski definition) is 1. The monoisotopic (exact) mass is 277 g/mol. The molecule has 0 unspecified atom stereocenters. The van der Waals surface area contributed by atoms with Crippen molar-refractivity contribution in [3.63, 3.8) is 0 Å². The molecular weight excluding hydrogens is 258 g/mol. The molecule has 0 radical (unpaired) electrons. The predicted molar refractivity (Wildman–Crippen MR) is 78.3 cm³/mol. The average molecular weight is 277 g/mol. The molecule has 102 valence electrons. The fourth-order valence-electron chi connectivity index (χ4n) is 1.68. The minimum atomic E-state index is 0.756. The molecule has 0 aliphatic heterocycles. The van der Waals surface area contributed by atoms with Crippen LogP contribution in [0.5, 0.6) is 0 Å². The summed E-state index contributed by atoms with van der Waals surface area (Å²) in [6, 6.07) is 4.02. The van der Waals surface area contributed by atoms with E-state index in [1.807, 2.05) is 35.0 Å². The summed E-state index contributed by atoms with van der Waals surface area (Å²) in [5.74, 6) is 0.868. The number of nitrogens with zero attached hydrogens (tertiary/aromatic N) is 4. The second-order valence-corrected chi connectivity index (χ2v) is 5.11. The van der Waals surface area contributed by atoms with Crippen LogP contribution in [0.15, 0.2) is 23.0 Å². The third kappa shape index (κ3) is 4.25. The summed E-state index contributed by atoms with van der Waals surface area (Å²) in [7, 11) is 2.00. The summed E-state index contributed by atoms with van der Waals surface area (Å²) in [5.41, 5.74) is 3.87. The maximum absolute atomic E-state index is 4.27. The van der Waals surface area contributed by atoms with E-state index in [2.05, 4.69) is 27.4 Å². The van der Waals surface area contributed by atoms with E-state index < -0.39 is 0 Å². The molecule has 1 N–H and O–H groups in total. The molecule has 0 spiro atoms. The molecule has 0 amide bonds. The van der Waals surface area contributed by atoms with Crippen LogP contribution < -0.4 is 10.2 Å². The van der Waals surface area contributed by atoms with Crippen LogP contribution in [0.4, 0.5) is 5.82 Å². The number of nitrogens with one attached hydrogen (secondary N) is 1. The Labute approximate surface area is 117 Å². The molecule has 5 nitrogen and oxygen atoms in total. The van der Waals surface area contributed by atoms with Crippen LogP contribution in [0.2, 0.25) is 0 Å². The van der Waals surface area contributed by atoms with Crippen molar-refractivity contribution in [2.75, 3.05) is 18.5 Å². The van der Waals surface area contributed by atoms with E-state index >= 15 is 0 Å². The van der Waals surface area contributed by atoms with Crippen molar-refractivity contribution < 1.29 is 0 Å². The van der Waals surface area contributed by atoms with Crippen LogP contribution in [-0.4, -0.2) is 28.8 Å². The van der Waals surface area contributed by atoms with Gasteiger partial charge in [-0.3, -0.25) is 0 Å². The van der Waals surface area contributed by atoms with Crippen molar-refractivity contribution in [3.8, 4) is 0 Å². The first kappa shape index (κ1) is 13.9. The molecule has 0 aliphatic carbocycles. The summed E-state index contributed by atoms with van der Waals surface area (Å²) < 4.78 is 0. The highest BCUT2D eigenvalue weighted by Gasteiger charge is 2.05. The van der Waals surface area contributed by atoms with Gasteiger partial charge in [-0.05, 0) is 25.1 Å². The van der Waals surface area contributed by atoms with Gasteiger partial charge in [0.1, 0.15) is 0 Å². The van der Waals surface area contributed by atoms with Gasteiger partial charge in [-0.2, -0.15) is 5.10 Å². The molecule has 19 heavy (non-hydrogen) atoms. The van der Waals surface area contributed by atoms with Gasteiger partial charge in [0.05, 0.1) is 23.4 Å². The standard InChI is InChI=1S/C13H19N5S/c1-3-6-14-7-11-4-5-13(17-16-11)18(2)8-12-9-19-10-15-12/h4-5,9-10,14H,3,6-8H2,1-2H3.